The minimum Gasteiger partial charge on any atom is -0.394 e. The molecule has 0 aliphatic rings. The van der Waals surface area contributed by atoms with Gasteiger partial charge in [-0.1, -0.05) is 30.3 Å². The maximum Gasteiger partial charge on any atom is 0.256 e. The number of carbonyl (C=O) groups excluding carboxylic acids is 1. The lowest BCUT2D eigenvalue weighted by molar-refractivity contribution is 0.0911. The molecule has 20 heavy (non-hydrogen) atoms. The third kappa shape index (κ3) is 3.61. The number of rotatable bonds is 5. The molecule has 0 saturated heterocycles. The van der Waals surface area contributed by atoms with E-state index < -0.39 is 17.9 Å². The average molecular weight is 274 g/mol. The Morgan fingerprint density at radius 1 is 1.25 bits per heavy atom. The first-order valence-corrected chi connectivity index (χ1v) is 6.27. The van der Waals surface area contributed by atoms with Crippen molar-refractivity contribution in [2.24, 2.45) is 0 Å². The number of aromatic nitrogens is 1. The Balaban J connectivity index is 2.03. The van der Waals surface area contributed by atoms with Crippen molar-refractivity contribution in [1.82, 2.24) is 10.3 Å². The number of pyridine rings is 1. The van der Waals surface area contributed by atoms with Crippen molar-refractivity contribution in [1.29, 1.82) is 0 Å². The molecule has 104 valence electrons. The van der Waals surface area contributed by atoms with Crippen molar-refractivity contribution in [2.45, 2.75) is 12.5 Å². The summed E-state index contributed by atoms with van der Waals surface area (Å²) >= 11 is 0. The second kappa shape index (κ2) is 6.77. The van der Waals surface area contributed by atoms with E-state index in [2.05, 4.69) is 10.3 Å². The normalized spacial score (nSPS) is 11.9. The van der Waals surface area contributed by atoms with Gasteiger partial charge >= 0.3 is 0 Å². The van der Waals surface area contributed by atoms with E-state index in [0.717, 1.165) is 5.56 Å². The summed E-state index contributed by atoms with van der Waals surface area (Å²) in [5, 5.41) is 11.9. The number of amides is 1. The number of nitrogens with one attached hydrogen (secondary N) is 1. The fourth-order valence-electron chi connectivity index (χ4n) is 1.88. The van der Waals surface area contributed by atoms with E-state index in [4.69, 9.17) is 0 Å². The summed E-state index contributed by atoms with van der Waals surface area (Å²) in [7, 11) is 0. The van der Waals surface area contributed by atoms with E-state index in [1.165, 1.54) is 18.3 Å². The molecule has 2 rings (SSSR count). The predicted molar refractivity (Wildman–Crippen MR) is 72.7 cm³/mol. The van der Waals surface area contributed by atoms with Crippen LogP contribution in [0.3, 0.4) is 0 Å². The second-order valence-corrected chi connectivity index (χ2v) is 4.38. The van der Waals surface area contributed by atoms with Gasteiger partial charge in [0.2, 0.25) is 5.95 Å². The molecule has 5 heteroatoms. The summed E-state index contributed by atoms with van der Waals surface area (Å²) in [5.74, 6) is -1.40. The fourth-order valence-corrected chi connectivity index (χ4v) is 1.88. The van der Waals surface area contributed by atoms with Crippen LogP contribution in [0.2, 0.25) is 0 Å². The van der Waals surface area contributed by atoms with Crippen molar-refractivity contribution in [3.8, 4) is 0 Å². The van der Waals surface area contributed by atoms with Gasteiger partial charge in [0.15, 0.2) is 0 Å². The maximum atomic E-state index is 13.4. The predicted octanol–water partition coefficient (Wildman–Crippen LogP) is 1.55. The third-order valence-corrected chi connectivity index (χ3v) is 2.88. The molecule has 2 N–H and O–H groups in total. The molecule has 1 aromatic heterocycles. The number of hydrogen-bond acceptors (Lipinski definition) is 3. The highest BCUT2D eigenvalue weighted by Gasteiger charge is 2.16. The molecule has 0 aliphatic heterocycles. The first-order chi connectivity index (χ1) is 9.70. The van der Waals surface area contributed by atoms with Gasteiger partial charge in [0.25, 0.3) is 5.91 Å². The summed E-state index contributed by atoms with van der Waals surface area (Å²) in [4.78, 5) is 15.4. The third-order valence-electron chi connectivity index (χ3n) is 2.88. The number of halogens is 1. The van der Waals surface area contributed by atoms with Crippen LogP contribution in [0, 0.1) is 5.95 Å². The first-order valence-electron chi connectivity index (χ1n) is 6.27. The molecule has 0 fully saturated rings. The molecule has 0 unspecified atom stereocenters. The molecular weight excluding hydrogens is 259 g/mol. The van der Waals surface area contributed by atoms with Crippen molar-refractivity contribution >= 4 is 5.91 Å². The molecule has 1 heterocycles. The molecule has 1 aromatic carbocycles. The number of hydrogen-bond donors (Lipinski definition) is 2. The van der Waals surface area contributed by atoms with Gasteiger partial charge in [-0.2, -0.15) is 4.39 Å². The summed E-state index contributed by atoms with van der Waals surface area (Å²) in [5.41, 5.74) is 0.859. The highest BCUT2D eigenvalue weighted by Crippen LogP contribution is 2.06. The molecule has 0 spiro atoms. The molecule has 0 bridgehead atoms. The summed E-state index contributed by atoms with van der Waals surface area (Å²) < 4.78 is 13.4. The van der Waals surface area contributed by atoms with Gasteiger partial charge in [0.1, 0.15) is 0 Å². The molecule has 1 amide bonds. The van der Waals surface area contributed by atoms with Gasteiger partial charge in [0.05, 0.1) is 18.2 Å². The zero-order chi connectivity index (χ0) is 14.4. The van der Waals surface area contributed by atoms with Crippen molar-refractivity contribution in [3.05, 3.63) is 65.7 Å². The van der Waals surface area contributed by atoms with E-state index >= 15 is 0 Å². The van der Waals surface area contributed by atoms with Crippen molar-refractivity contribution in [2.75, 3.05) is 6.61 Å². The van der Waals surface area contributed by atoms with E-state index in [0.29, 0.717) is 6.42 Å². The van der Waals surface area contributed by atoms with Gasteiger partial charge in [-0.25, -0.2) is 4.98 Å². The Kier molecular flexibility index (Phi) is 4.79. The number of aliphatic hydroxyl groups is 1. The molecule has 1 atom stereocenters. The molecule has 0 saturated carbocycles. The number of carbonyl (C=O) groups is 1. The Morgan fingerprint density at radius 3 is 2.65 bits per heavy atom. The summed E-state index contributed by atoms with van der Waals surface area (Å²) in [6, 6.07) is 11.8. The van der Waals surface area contributed by atoms with Crippen molar-refractivity contribution < 1.29 is 14.3 Å². The Labute approximate surface area is 116 Å². The second-order valence-electron chi connectivity index (χ2n) is 4.38. The zero-order valence-corrected chi connectivity index (χ0v) is 10.8. The summed E-state index contributed by atoms with van der Waals surface area (Å²) in [6.07, 6.45) is 1.75. The average Bonchev–Trinajstić information content (AvgIpc) is 2.48. The maximum absolute atomic E-state index is 13.4. The first kappa shape index (κ1) is 14.1. The van der Waals surface area contributed by atoms with Crippen LogP contribution in [0.5, 0.6) is 0 Å². The van der Waals surface area contributed by atoms with Crippen LogP contribution < -0.4 is 5.32 Å². The molecular formula is C15H15FN2O2. The lowest BCUT2D eigenvalue weighted by Gasteiger charge is -2.16. The van der Waals surface area contributed by atoms with Crippen LogP contribution in [0.4, 0.5) is 4.39 Å². The van der Waals surface area contributed by atoms with E-state index in [-0.39, 0.29) is 12.2 Å². The molecule has 4 nitrogen and oxygen atoms in total. The van der Waals surface area contributed by atoms with Crippen LogP contribution in [0.15, 0.2) is 48.7 Å². The van der Waals surface area contributed by atoms with Gasteiger partial charge in [0, 0.05) is 6.20 Å². The van der Waals surface area contributed by atoms with Crippen LogP contribution in [0.1, 0.15) is 15.9 Å². The largest absolute Gasteiger partial charge is 0.394 e. The van der Waals surface area contributed by atoms with Gasteiger partial charge in [-0.15, -0.1) is 0 Å². The SMILES string of the molecule is O=C(N[C@H](CO)Cc1ccccc1)c1cccnc1F. The minimum atomic E-state index is -0.818. The standard InChI is InChI=1S/C15H15FN2O2/c16-14-13(7-4-8-17-14)15(20)18-12(10-19)9-11-5-2-1-3-6-11/h1-8,12,19H,9-10H2,(H,18,20)/t12-/m0/s1. The lowest BCUT2D eigenvalue weighted by atomic mass is 10.1. The minimum absolute atomic E-state index is 0.126. The topological polar surface area (TPSA) is 62.2 Å². The Morgan fingerprint density at radius 2 is 2.00 bits per heavy atom. The van der Waals surface area contributed by atoms with Crippen LogP contribution in [-0.2, 0) is 6.42 Å². The van der Waals surface area contributed by atoms with Crippen LogP contribution in [-0.4, -0.2) is 28.6 Å². The van der Waals surface area contributed by atoms with Gasteiger partial charge in [-0.3, -0.25) is 4.79 Å². The summed E-state index contributed by atoms with van der Waals surface area (Å²) in [6.45, 7) is -0.220. The fraction of sp³-hybridized carbons (Fsp3) is 0.200. The van der Waals surface area contributed by atoms with Crippen LogP contribution in [0.25, 0.3) is 0 Å². The smallest absolute Gasteiger partial charge is 0.256 e. The Hall–Kier alpha value is -2.27. The molecule has 0 radical (unpaired) electrons. The van der Waals surface area contributed by atoms with E-state index in [1.807, 2.05) is 30.3 Å². The number of aliphatic hydroxyl groups excluding tert-OH is 1. The van der Waals surface area contributed by atoms with E-state index in [9.17, 15) is 14.3 Å². The lowest BCUT2D eigenvalue weighted by Crippen LogP contribution is -2.39. The number of nitrogens with zero attached hydrogens (tertiary/aromatic N) is 1. The molecule has 2 aromatic rings. The highest BCUT2D eigenvalue weighted by molar-refractivity contribution is 5.94. The van der Waals surface area contributed by atoms with Gasteiger partial charge < -0.3 is 10.4 Å². The van der Waals surface area contributed by atoms with Gasteiger partial charge in [-0.05, 0) is 24.1 Å². The number of benzene rings is 1. The van der Waals surface area contributed by atoms with E-state index in [1.54, 1.807) is 0 Å². The molecule has 0 aliphatic carbocycles. The Bertz CT molecular complexity index is 575. The monoisotopic (exact) mass is 274 g/mol. The zero-order valence-electron chi connectivity index (χ0n) is 10.8. The quantitative estimate of drug-likeness (QED) is 0.813. The highest BCUT2D eigenvalue weighted by atomic mass is 19.1. The van der Waals surface area contributed by atoms with Crippen molar-refractivity contribution in [3.63, 3.8) is 0 Å². The van der Waals surface area contributed by atoms with Crippen LogP contribution >= 0.6 is 0 Å².